The number of nitrogens with zero attached hydrogens (tertiary/aromatic N) is 3. The molecule has 3 aromatic rings. The van der Waals surface area contributed by atoms with Gasteiger partial charge in [-0.3, -0.25) is 4.90 Å². The predicted molar refractivity (Wildman–Crippen MR) is 95.2 cm³/mol. The van der Waals surface area contributed by atoms with Gasteiger partial charge in [-0.2, -0.15) is 18.2 Å². The van der Waals surface area contributed by atoms with E-state index >= 15 is 0 Å². The minimum Gasteiger partial charge on any atom is -0.338 e. The fourth-order valence-electron chi connectivity index (χ4n) is 2.68. The largest absolute Gasteiger partial charge is 0.416 e. The summed E-state index contributed by atoms with van der Waals surface area (Å²) in [6.07, 6.45) is -3.91. The zero-order valence-corrected chi connectivity index (χ0v) is 15.3. The highest BCUT2D eigenvalue weighted by Crippen LogP contribution is 2.29. The van der Waals surface area contributed by atoms with Crippen molar-refractivity contribution in [1.29, 1.82) is 0 Å². The normalized spacial score (nSPS) is 11.9. The SMILES string of the molecule is CN(Cc1cccc(C(F)(F)F)c1)Cc1nc(Cc2ccccc2Cl)no1. The highest BCUT2D eigenvalue weighted by molar-refractivity contribution is 6.31. The Morgan fingerprint density at radius 3 is 2.59 bits per heavy atom. The third-order valence-electron chi connectivity index (χ3n) is 3.93. The van der Waals surface area contributed by atoms with Gasteiger partial charge in [0, 0.05) is 18.0 Å². The van der Waals surface area contributed by atoms with E-state index in [-0.39, 0.29) is 0 Å². The lowest BCUT2D eigenvalue weighted by molar-refractivity contribution is -0.137. The molecule has 0 saturated carbocycles. The van der Waals surface area contributed by atoms with Crippen LogP contribution in [0.15, 0.2) is 53.1 Å². The Morgan fingerprint density at radius 2 is 1.85 bits per heavy atom. The zero-order chi connectivity index (χ0) is 19.4. The average molecular weight is 396 g/mol. The lowest BCUT2D eigenvalue weighted by Crippen LogP contribution is -2.18. The van der Waals surface area contributed by atoms with Gasteiger partial charge in [0.2, 0.25) is 5.89 Å². The van der Waals surface area contributed by atoms with Gasteiger partial charge >= 0.3 is 6.18 Å². The van der Waals surface area contributed by atoms with Gasteiger partial charge in [-0.25, -0.2) is 0 Å². The molecule has 3 rings (SSSR count). The molecular weight excluding hydrogens is 379 g/mol. The van der Waals surface area contributed by atoms with E-state index in [9.17, 15) is 13.2 Å². The van der Waals surface area contributed by atoms with Crippen molar-refractivity contribution in [1.82, 2.24) is 15.0 Å². The lowest BCUT2D eigenvalue weighted by atomic mass is 10.1. The van der Waals surface area contributed by atoms with Crippen molar-refractivity contribution in [2.75, 3.05) is 7.05 Å². The topological polar surface area (TPSA) is 42.2 Å². The molecular formula is C19H17ClF3N3O. The fourth-order valence-corrected chi connectivity index (χ4v) is 2.89. The van der Waals surface area contributed by atoms with Crippen molar-refractivity contribution < 1.29 is 17.7 Å². The van der Waals surface area contributed by atoms with Gasteiger partial charge in [0.15, 0.2) is 5.82 Å². The van der Waals surface area contributed by atoms with E-state index in [1.807, 2.05) is 23.1 Å². The van der Waals surface area contributed by atoms with E-state index in [0.717, 1.165) is 17.7 Å². The van der Waals surface area contributed by atoms with Crippen molar-refractivity contribution >= 4 is 11.6 Å². The molecule has 2 aromatic carbocycles. The second kappa shape index (κ2) is 8.10. The van der Waals surface area contributed by atoms with Gasteiger partial charge in [0.05, 0.1) is 12.1 Å². The first kappa shape index (κ1) is 19.4. The maximum absolute atomic E-state index is 12.8. The predicted octanol–water partition coefficient (Wildman–Crippen LogP) is 4.96. The molecule has 0 amide bonds. The molecule has 1 heterocycles. The Hall–Kier alpha value is -2.38. The molecule has 0 radical (unpaired) electrons. The Labute approximate surface area is 159 Å². The van der Waals surface area contributed by atoms with Crippen LogP contribution in [0.4, 0.5) is 13.2 Å². The van der Waals surface area contributed by atoms with E-state index in [2.05, 4.69) is 10.1 Å². The van der Waals surface area contributed by atoms with E-state index in [4.69, 9.17) is 16.1 Å². The molecule has 4 nitrogen and oxygen atoms in total. The van der Waals surface area contributed by atoms with Crippen LogP contribution in [0.25, 0.3) is 0 Å². The van der Waals surface area contributed by atoms with Crippen LogP contribution >= 0.6 is 11.6 Å². The van der Waals surface area contributed by atoms with Crippen LogP contribution in [-0.2, 0) is 25.7 Å². The van der Waals surface area contributed by atoms with Crippen LogP contribution in [0.2, 0.25) is 5.02 Å². The molecule has 1 aromatic heterocycles. The zero-order valence-electron chi connectivity index (χ0n) is 14.5. The molecule has 0 atom stereocenters. The molecule has 0 bridgehead atoms. The van der Waals surface area contributed by atoms with Crippen molar-refractivity contribution in [2.24, 2.45) is 0 Å². The Balaban J connectivity index is 1.61. The van der Waals surface area contributed by atoms with Crippen LogP contribution in [0, 0.1) is 0 Å². The van der Waals surface area contributed by atoms with E-state index in [1.165, 1.54) is 6.07 Å². The summed E-state index contributed by atoms with van der Waals surface area (Å²) >= 11 is 6.13. The Morgan fingerprint density at radius 1 is 1.07 bits per heavy atom. The number of benzene rings is 2. The maximum Gasteiger partial charge on any atom is 0.416 e. The summed E-state index contributed by atoms with van der Waals surface area (Å²) in [5.41, 5.74) is 0.792. The summed E-state index contributed by atoms with van der Waals surface area (Å²) in [4.78, 5) is 6.13. The monoisotopic (exact) mass is 395 g/mol. The summed E-state index contributed by atoms with van der Waals surface area (Å²) in [6, 6.07) is 12.7. The third-order valence-corrected chi connectivity index (χ3v) is 4.30. The van der Waals surface area contributed by atoms with E-state index < -0.39 is 11.7 Å². The van der Waals surface area contributed by atoms with Gasteiger partial charge in [-0.15, -0.1) is 0 Å². The summed E-state index contributed by atoms with van der Waals surface area (Å²) in [5, 5.41) is 4.57. The fraction of sp³-hybridized carbons (Fsp3) is 0.263. The summed E-state index contributed by atoms with van der Waals surface area (Å²) in [5.74, 6) is 0.900. The number of rotatable bonds is 6. The van der Waals surface area contributed by atoms with Crippen LogP contribution in [0.1, 0.15) is 28.4 Å². The molecule has 0 N–H and O–H groups in total. The minimum absolute atomic E-state index is 0.325. The standard InChI is InChI=1S/C19H17ClF3N3O/c1-26(11-13-5-4-7-15(9-13)19(21,22)23)12-18-24-17(25-27-18)10-14-6-2-3-8-16(14)20/h2-9H,10-12H2,1H3. The molecule has 0 saturated heterocycles. The van der Waals surface area contributed by atoms with Gasteiger partial charge in [-0.05, 0) is 30.3 Å². The summed E-state index contributed by atoms with van der Waals surface area (Å²) < 4.78 is 43.7. The number of alkyl halides is 3. The molecule has 0 fully saturated rings. The number of aromatic nitrogens is 2. The quantitative estimate of drug-likeness (QED) is 0.591. The first-order valence-electron chi connectivity index (χ1n) is 8.21. The lowest BCUT2D eigenvalue weighted by Gasteiger charge is -2.15. The number of halogens is 4. The van der Waals surface area contributed by atoms with E-state index in [0.29, 0.717) is 41.8 Å². The van der Waals surface area contributed by atoms with Crippen LogP contribution in [0.3, 0.4) is 0 Å². The summed E-state index contributed by atoms with van der Waals surface area (Å²) in [7, 11) is 1.78. The Bertz CT molecular complexity index is 911. The van der Waals surface area contributed by atoms with Gasteiger partial charge < -0.3 is 4.52 Å². The molecule has 0 aliphatic heterocycles. The second-order valence-electron chi connectivity index (χ2n) is 6.24. The average Bonchev–Trinajstić information content (AvgIpc) is 3.03. The van der Waals surface area contributed by atoms with Crippen molar-refractivity contribution in [3.05, 3.63) is 82.0 Å². The molecule has 0 aliphatic carbocycles. The second-order valence-corrected chi connectivity index (χ2v) is 6.65. The van der Waals surface area contributed by atoms with Crippen LogP contribution in [-0.4, -0.2) is 22.1 Å². The van der Waals surface area contributed by atoms with Crippen molar-refractivity contribution in [2.45, 2.75) is 25.7 Å². The smallest absolute Gasteiger partial charge is 0.338 e. The van der Waals surface area contributed by atoms with Gasteiger partial charge in [0.25, 0.3) is 0 Å². The third kappa shape index (κ3) is 5.30. The number of hydrogen-bond donors (Lipinski definition) is 0. The molecule has 142 valence electrons. The molecule has 0 spiro atoms. The van der Waals surface area contributed by atoms with Crippen molar-refractivity contribution in [3.8, 4) is 0 Å². The first-order valence-corrected chi connectivity index (χ1v) is 8.58. The molecule has 27 heavy (non-hydrogen) atoms. The molecule has 0 unspecified atom stereocenters. The van der Waals surface area contributed by atoms with Crippen LogP contribution < -0.4 is 0 Å². The van der Waals surface area contributed by atoms with Crippen LogP contribution in [0.5, 0.6) is 0 Å². The summed E-state index contributed by atoms with van der Waals surface area (Å²) in [6.45, 7) is 0.651. The molecule has 0 aliphatic rings. The highest BCUT2D eigenvalue weighted by atomic mass is 35.5. The highest BCUT2D eigenvalue weighted by Gasteiger charge is 2.30. The van der Waals surface area contributed by atoms with Gasteiger partial charge in [0.1, 0.15) is 0 Å². The number of hydrogen-bond acceptors (Lipinski definition) is 4. The first-order chi connectivity index (χ1) is 12.8. The minimum atomic E-state index is -4.35. The molecule has 8 heteroatoms. The van der Waals surface area contributed by atoms with E-state index in [1.54, 1.807) is 19.2 Å². The van der Waals surface area contributed by atoms with Crippen molar-refractivity contribution in [3.63, 3.8) is 0 Å². The maximum atomic E-state index is 12.8. The Kier molecular flexibility index (Phi) is 5.82. The van der Waals surface area contributed by atoms with Gasteiger partial charge in [-0.1, -0.05) is 53.2 Å².